The van der Waals surface area contributed by atoms with Crippen molar-refractivity contribution in [3.8, 4) is 0 Å². The van der Waals surface area contributed by atoms with Crippen molar-refractivity contribution >= 4 is 15.3 Å². The Balaban J connectivity index is 0. The summed E-state index contributed by atoms with van der Waals surface area (Å²) in [6.45, 7) is 8.24. The van der Waals surface area contributed by atoms with Gasteiger partial charge in [-0.2, -0.15) is 0 Å². The van der Waals surface area contributed by atoms with Crippen LogP contribution in [0.4, 0.5) is 12.9 Å². The van der Waals surface area contributed by atoms with Crippen LogP contribution in [0.15, 0.2) is 0 Å². The fourth-order valence-corrected chi connectivity index (χ4v) is 2.36. The van der Waals surface area contributed by atoms with Crippen molar-refractivity contribution in [2.45, 2.75) is 45.2 Å². The van der Waals surface area contributed by atoms with Gasteiger partial charge in [-0.05, 0) is 18.1 Å². The van der Waals surface area contributed by atoms with Crippen molar-refractivity contribution in [3.63, 3.8) is 0 Å². The summed E-state index contributed by atoms with van der Waals surface area (Å²) in [6, 6.07) is 0. The van der Waals surface area contributed by atoms with E-state index in [4.69, 9.17) is 18.6 Å². The second kappa shape index (κ2) is 13.7. The van der Waals surface area contributed by atoms with Crippen molar-refractivity contribution in [1.82, 2.24) is 0 Å². The van der Waals surface area contributed by atoms with Crippen LogP contribution in [0.3, 0.4) is 0 Å². The molecule has 0 aromatic rings. The monoisotopic (exact) mass is 398 g/mol. The van der Waals surface area contributed by atoms with Crippen LogP contribution < -0.4 is 51.4 Å². The standard InChI is InChI=1S/C14H31BF3O4Si.K/c1-14(2,3)23(4,5)22-13-12-21-11-10-20-9-8-19-7-6-15(16,17)18;/h6-13H2,1-5H3;/q-1;+1. The van der Waals surface area contributed by atoms with Crippen molar-refractivity contribution in [2.75, 3.05) is 46.2 Å². The van der Waals surface area contributed by atoms with Gasteiger partial charge >= 0.3 is 58.4 Å². The van der Waals surface area contributed by atoms with E-state index in [2.05, 4.69) is 33.9 Å². The minimum Gasteiger partial charge on any atom is -0.449 e. The molecule has 0 unspecified atom stereocenters. The summed E-state index contributed by atoms with van der Waals surface area (Å²) in [7, 11) is -1.72. The Morgan fingerprint density at radius 2 is 1.12 bits per heavy atom. The molecule has 0 heterocycles. The van der Waals surface area contributed by atoms with Gasteiger partial charge in [0, 0.05) is 6.61 Å². The first-order chi connectivity index (χ1) is 10.5. The van der Waals surface area contributed by atoms with Crippen LogP contribution in [0.5, 0.6) is 0 Å². The Bertz CT molecular complexity index is 315. The molecule has 0 fully saturated rings. The largest absolute Gasteiger partial charge is 1.00 e. The van der Waals surface area contributed by atoms with Crippen LogP contribution in [0.1, 0.15) is 20.8 Å². The number of hydrogen-bond acceptors (Lipinski definition) is 4. The molecule has 0 spiro atoms. The first kappa shape index (κ1) is 27.8. The van der Waals surface area contributed by atoms with E-state index in [0.29, 0.717) is 26.4 Å². The fourth-order valence-electron chi connectivity index (χ4n) is 1.33. The van der Waals surface area contributed by atoms with Crippen LogP contribution >= 0.6 is 0 Å². The Hall–Kier alpha value is 1.55. The first-order valence-corrected chi connectivity index (χ1v) is 10.9. The second-order valence-electron chi connectivity index (χ2n) is 6.94. The van der Waals surface area contributed by atoms with Gasteiger partial charge in [-0.15, -0.1) is 0 Å². The summed E-state index contributed by atoms with van der Waals surface area (Å²) in [5.41, 5.74) is 0. The third kappa shape index (κ3) is 15.8. The summed E-state index contributed by atoms with van der Waals surface area (Å²) in [4.78, 5) is 0. The van der Waals surface area contributed by atoms with Gasteiger partial charge in [-0.1, -0.05) is 27.1 Å². The molecule has 0 N–H and O–H groups in total. The van der Waals surface area contributed by atoms with Crippen LogP contribution in [0.2, 0.25) is 24.5 Å². The predicted octanol–water partition coefficient (Wildman–Crippen LogP) is 0.909. The quantitative estimate of drug-likeness (QED) is 0.342. The average molecular weight is 398 g/mol. The van der Waals surface area contributed by atoms with Crippen LogP contribution in [-0.2, 0) is 18.6 Å². The summed E-state index contributed by atoms with van der Waals surface area (Å²) >= 11 is 0. The van der Waals surface area contributed by atoms with Gasteiger partial charge in [-0.3, -0.25) is 0 Å². The predicted molar refractivity (Wildman–Crippen MR) is 89.5 cm³/mol. The van der Waals surface area contributed by atoms with Crippen LogP contribution in [0, 0.1) is 0 Å². The molecule has 0 amide bonds. The Morgan fingerprint density at radius 3 is 1.50 bits per heavy atom. The summed E-state index contributed by atoms with van der Waals surface area (Å²) < 4.78 is 57.1. The van der Waals surface area contributed by atoms with Crippen molar-refractivity contribution in [3.05, 3.63) is 0 Å². The van der Waals surface area contributed by atoms with Gasteiger partial charge in [0.15, 0.2) is 8.32 Å². The number of rotatable bonds is 13. The van der Waals surface area contributed by atoms with Gasteiger partial charge in [-0.25, -0.2) is 0 Å². The molecule has 4 nitrogen and oxygen atoms in total. The van der Waals surface area contributed by atoms with Gasteiger partial charge in [0.05, 0.1) is 39.6 Å². The van der Waals surface area contributed by atoms with Crippen LogP contribution in [0.25, 0.3) is 0 Å². The molecule has 0 saturated carbocycles. The zero-order valence-corrected chi connectivity index (χ0v) is 20.1. The third-order valence-corrected chi connectivity index (χ3v) is 8.37. The number of halogens is 3. The molecule has 0 aromatic carbocycles. The number of hydrogen-bond donors (Lipinski definition) is 0. The molecule has 0 aromatic heterocycles. The molecular formula is C14H31BF3KO4Si. The van der Waals surface area contributed by atoms with E-state index >= 15 is 0 Å². The minimum atomic E-state index is -4.75. The van der Waals surface area contributed by atoms with E-state index in [1.54, 1.807) is 0 Å². The molecule has 0 bridgehead atoms. The van der Waals surface area contributed by atoms with Crippen molar-refractivity contribution < 1.29 is 83.0 Å². The van der Waals surface area contributed by atoms with E-state index in [1.165, 1.54) is 0 Å². The maximum Gasteiger partial charge on any atom is 1.00 e. The van der Waals surface area contributed by atoms with Crippen molar-refractivity contribution in [2.24, 2.45) is 0 Å². The summed E-state index contributed by atoms with van der Waals surface area (Å²) in [5, 5.41) is 0.184. The maximum absolute atomic E-state index is 11.9. The zero-order chi connectivity index (χ0) is 18.0. The molecular weight excluding hydrogens is 367 g/mol. The second-order valence-corrected chi connectivity index (χ2v) is 11.8. The fraction of sp³-hybridized carbons (Fsp3) is 1.00. The molecule has 0 saturated heterocycles. The molecule has 0 radical (unpaired) electrons. The Morgan fingerprint density at radius 1 is 0.750 bits per heavy atom. The Labute approximate surface area is 188 Å². The van der Waals surface area contributed by atoms with Gasteiger partial charge < -0.3 is 31.6 Å². The molecule has 24 heavy (non-hydrogen) atoms. The van der Waals surface area contributed by atoms with E-state index in [9.17, 15) is 12.9 Å². The summed E-state index contributed by atoms with van der Waals surface area (Å²) in [5.74, 6) is 0. The average Bonchev–Trinajstić information content (AvgIpc) is 2.37. The molecule has 0 atom stereocenters. The maximum atomic E-state index is 11.9. The third-order valence-electron chi connectivity index (χ3n) is 3.83. The van der Waals surface area contributed by atoms with Crippen molar-refractivity contribution in [1.29, 1.82) is 0 Å². The molecule has 0 aliphatic rings. The van der Waals surface area contributed by atoms with Gasteiger partial charge in [0.25, 0.3) is 0 Å². The first-order valence-electron chi connectivity index (χ1n) is 8.04. The normalized spacial score (nSPS) is 13.0. The van der Waals surface area contributed by atoms with Gasteiger partial charge in [0.2, 0.25) is 0 Å². The Kier molecular flexibility index (Phi) is 15.8. The van der Waals surface area contributed by atoms with E-state index in [-0.39, 0.29) is 76.2 Å². The zero-order valence-electron chi connectivity index (χ0n) is 16.0. The number of ether oxygens (including phenoxy) is 3. The SMILES string of the molecule is CC(C)(C)[Si](C)(C)OCCOCCOCCOCC[B-](F)(F)F.[K+]. The molecule has 0 rings (SSSR count). The summed E-state index contributed by atoms with van der Waals surface area (Å²) in [6.07, 6.45) is -0.864. The van der Waals surface area contributed by atoms with E-state index in [0.717, 1.165) is 0 Å². The minimum absolute atomic E-state index is 0. The van der Waals surface area contributed by atoms with E-state index < -0.39 is 21.6 Å². The molecule has 0 aliphatic carbocycles. The molecule has 0 aliphatic heterocycles. The molecule has 10 heteroatoms. The topological polar surface area (TPSA) is 36.9 Å². The smallest absolute Gasteiger partial charge is 0.449 e. The van der Waals surface area contributed by atoms with Gasteiger partial charge in [0.1, 0.15) is 0 Å². The molecule has 140 valence electrons. The van der Waals surface area contributed by atoms with Crippen LogP contribution in [-0.4, -0.2) is 61.5 Å². The van der Waals surface area contributed by atoms with E-state index in [1.807, 2.05) is 0 Å².